The molecule has 1 aromatic heterocycles. The average molecular weight is 262 g/mol. The standard InChI is InChI=1S/C14H18N2O3/c1-9-4-6-16(8-10(9)2)13(17)11-3-5-15-12(7-11)14(18)19/h3,5,7,9-10H,4,6,8H2,1-2H3,(H,18,19). The molecule has 1 aliphatic heterocycles. The number of hydrogen-bond acceptors (Lipinski definition) is 3. The van der Waals surface area contributed by atoms with Crippen LogP contribution in [-0.4, -0.2) is 40.0 Å². The predicted octanol–water partition coefficient (Wildman–Crippen LogP) is 1.90. The molecular formula is C14H18N2O3. The van der Waals surface area contributed by atoms with Gasteiger partial charge in [-0.3, -0.25) is 4.79 Å². The average Bonchev–Trinajstić information content (AvgIpc) is 2.41. The molecule has 1 aromatic rings. The van der Waals surface area contributed by atoms with Crippen LogP contribution in [0.5, 0.6) is 0 Å². The normalized spacial score (nSPS) is 23.2. The maximum Gasteiger partial charge on any atom is 0.354 e. The number of pyridine rings is 1. The number of rotatable bonds is 2. The van der Waals surface area contributed by atoms with Gasteiger partial charge in [0.1, 0.15) is 5.69 Å². The molecule has 2 heterocycles. The number of nitrogens with zero attached hydrogens (tertiary/aromatic N) is 2. The molecule has 1 N–H and O–H groups in total. The first-order chi connectivity index (χ1) is 8.99. The minimum Gasteiger partial charge on any atom is -0.477 e. The Kier molecular flexibility index (Phi) is 3.83. The Hall–Kier alpha value is -1.91. The fraction of sp³-hybridized carbons (Fsp3) is 0.500. The van der Waals surface area contributed by atoms with Gasteiger partial charge in [0.15, 0.2) is 0 Å². The van der Waals surface area contributed by atoms with Crippen LogP contribution < -0.4 is 0 Å². The summed E-state index contributed by atoms with van der Waals surface area (Å²) in [6, 6.07) is 2.91. The first-order valence-corrected chi connectivity index (χ1v) is 6.47. The van der Waals surface area contributed by atoms with Gasteiger partial charge in [0, 0.05) is 24.8 Å². The molecule has 19 heavy (non-hydrogen) atoms. The Labute approximate surface area is 112 Å². The zero-order chi connectivity index (χ0) is 14.0. The predicted molar refractivity (Wildman–Crippen MR) is 70.0 cm³/mol. The molecule has 1 amide bonds. The highest BCUT2D eigenvalue weighted by Gasteiger charge is 2.26. The smallest absolute Gasteiger partial charge is 0.354 e. The van der Waals surface area contributed by atoms with Gasteiger partial charge < -0.3 is 10.0 Å². The van der Waals surface area contributed by atoms with Crippen molar-refractivity contribution in [2.45, 2.75) is 20.3 Å². The minimum absolute atomic E-state index is 0.0933. The van der Waals surface area contributed by atoms with Crippen molar-refractivity contribution in [2.24, 2.45) is 11.8 Å². The van der Waals surface area contributed by atoms with E-state index in [0.717, 1.165) is 19.5 Å². The van der Waals surface area contributed by atoms with E-state index < -0.39 is 5.97 Å². The third kappa shape index (κ3) is 2.92. The molecule has 5 nitrogen and oxygen atoms in total. The van der Waals surface area contributed by atoms with Crippen LogP contribution in [0.25, 0.3) is 0 Å². The zero-order valence-corrected chi connectivity index (χ0v) is 11.2. The fourth-order valence-electron chi connectivity index (χ4n) is 2.31. The highest BCUT2D eigenvalue weighted by Crippen LogP contribution is 2.23. The Balaban J connectivity index is 2.16. The lowest BCUT2D eigenvalue weighted by molar-refractivity contribution is 0.0627. The molecule has 0 spiro atoms. The molecule has 2 unspecified atom stereocenters. The first kappa shape index (κ1) is 13.5. The van der Waals surface area contributed by atoms with E-state index in [1.165, 1.54) is 12.3 Å². The Morgan fingerprint density at radius 1 is 1.37 bits per heavy atom. The molecule has 1 aliphatic rings. The number of aromatic nitrogens is 1. The first-order valence-electron chi connectivity index (χ1n) is 6.47. The molecule has 1 fully saturated rings. The SMILES string of the molecule is CC1CCN(C(=O)c2ccnc(C(=O)O)c2)CC1C. The highest BCUT2D eigenvalue weighted by atomic mass is 16.4. The van der Waals surface area contributed by atoms with E-state index in [4.69, 9.17) is 5.11 Å². The number of carbonyl (C=O) groups is 2. The van der Waals surface area contributed by atoms with Crippen LogP contribution in [0.3, 0.4) is 0 Å². The Morgan fingerprint density at radius 2 is 2.11 bits per heavy atom. The van der Waals surface area contributed by atoms with Gasteiger partial charge in [-0.25, -0.2) is 9.78 Å². The number of amides is 1. The summed E-state index contributed by atoms with van der Waals surface area (Å²) in [5.74, 6) is -0.131. The second-order valence-electron chi connectivity index (χ2n) is 5.23. The van der Waals surface area contributed by atoms with Crippen LogP contribution in [0, 0.1) is 11.8 Å². The van der Waals surface area contributed by atoms with E-state index in [-0.39, 0.29) is 11.6 Å². The molecule has 0 bridgehead atoms. The summed E-state index contributed by atoms with van der Waals surface area (Å²) in [5, 5.41) is 8.89. The van der Waals surface area contributed by atoms with Gasteiger partial charge in [-0.1, -0.05) is 13.8 Å². The van der Waals surface area contributed by atoms with Gasteiger partial charge in [-0.2, -0.15) is 0 Å². The second-order valence-corrected chi connectivity index (χ2v) is 5.23. The number of likely N-dealkylation sites (tertiary alicyclic amines) is 1. The van der Waals surface area contributed by atoms with E-state index >= 15 is 0 Å². The van der Waals surface area contributed by atoms with Gasteiger partial charge >= 0.3 is 5.97 Å². The van der Waals surface area contributed by atoms with Gasteiger partial charge in [0.25, 0.3) is 5.91 Å². The van der Waals surface area contributed by atoms with Crippen molar-refractivity contribution in [2.75, 3.05) is 13.1 Å². The van der Waals surface area contributed by atoms with Crippen molar-refractivity contribution >= 4 is 11.9 Å². The maximum absolute atomic E-state index is 12.3. The maximum atomic E-state index is 12.3. The number of aromatic carboxylic acids is 1. The summed E-state index contributed by atoms with van der Waals surface area (Å²) in [6.07, 6.45) is 2.36. The quantitative estimate of drug-likeness (QED) is 0.883. The monoisotopic (exact) mass is 262 g/mol. The summed E-state index contributed by atoms with van der Waals surface area (Å²) >= 11 is 0. The Morgan fingerprint density at radius 3 is 2.74 bits per heavy atom. The number of carboxylic acid groups (broad SMARTS) is 1. The van der Waals surface area contributed by atoms with Gasteiger partial charge in [0.2, 0.25) is 0 Å². The zero-order valence-electron chi connectivity index (χ0n) is 11.2. The number of hydrogen-bond donors (Lipinski definition) is 1. The lowest BCUT2D eigenvalue weighted by atomic mass is 9.88. The van der Waals surface area contributed by atoms with Crippen LogP contribution >= 0.6 is 0 Å². The third-order valence-corrected chi connectivity index (χ3v) is 3.85. The highest BCUT2D eigenvalue weighted by molar-refractivity contribution is 5.96. The third-order valence-electron chi connectivity index (χ3n) is 3.85. The molecule has 2 atom stereocenters. The summed E-state index contributed by atoms with van der Waals surface area (Å²) in [7, 11) is 0. The molecule has 2 rings (SSSR count). The van der Waals surface area contributed by atoms with Crippen LogP contribution in [-0.2, 0) is 0 Å². The van der Waals surface area contributed by atoms with Crippen molar-refractivity contribution in [3.63, 3.8) is 0 Å². The van der Waals surface area contributed by atoms with Crippen molar-refractivity contribution in [1.82, 2.24) is 9.88 Å². The Bertz CT molecular complexity index is 501. The molecular weight excluding hydrogens is 244 g/mol. The van der Waals surface area contributed by atoms with Gasteiger partial charge in [-0.05, 0) is 30.4 Å². The summed E-state index contributed by atoms with van der Waals surface area (Å²) < 4.78 is 0. The van der Waals surface area contributed by atoms with E-state index in [2.05, 4.69) is 18.8 Å². The minimum atomic E-state index is -1.12. The summed E-state index contributed by atoms with van der Waals surface area (Å²) in [4.78, 5) is 28.7. The number of carboxylic acids is 1. The van der Waals surface area contributed by atoms with Crippen LogP contribution in [0.4, 0.5) is 0 Å². The van der Waals surface area contributed by atoms with Crippen molar-refractivity contribution in [3.05, 3.63) is 29.6 Å². The fourth-order valence-corrected chi connectivity index (χ4v) is 2.31. The van der Waals surface area contributed by atoms with Gasteiger partial charge in [0.05, 0.1) is 0 Å². The lowest BCUT2D eigenvalue weighted by Crippen LogP contribution is -2.42. The molecule has 0 radical (unpaired) electrons. The second kappa shape index (κ2) is 5.38. The van der Waals surface area contributed by atoms with Crippen molar-refractivity contribution in [3.8, 4) is 0 Å². The number of carbonyl (C=O) groups excluding carboxylic acids is 1. The van der Waals surface area contributed by atoms with E-state index in [9.17, 15) is 9.59 Å². The van der Waals surface area contributed by atoms with Crippen LogP contribution in [0.15, 0.2) is 18.3 Å². The van der Waals surface area contributed by atoms with E-state index in [0.29, 0.717) is 17.4 Å². The summed E-state index contributed by atoms with van der Waals surface area (Å²) in [6.45, 7) is 5.79. The lowest BCUT2D eigenvalue weighted by Gasteiger charge is -2.35. The number of piperidine rings is 1. The molecule has 0 aromatic carbocycles. The molecule has 0 saturated carbocycles. The van der Waals surface area contributed by atoms with Gasteiger partial charge in [-0.15, -0.1) is 0 Å². The van der Waals surface area contributed by atoms with Crippen molar-refractivity contribution in [1.29, 1.82) is 0 Å². The molecule has 102 valence electrons. The topological polar surface area (TPSA) is 70.5 Å². The summed E-state index contributed by atoms with van der Waals surface area (Å²) in [5.41, 5.74) is 0.304. The molecule has 5 heteroatoms. The molecule has 0 aliphatic carbocycles. The largest absolute Gasteiger partial charge is 0.477 e. The molecule has 1 saturated heterocycles. The van der Waals surface area contributed by atoms with E-state index in [1.807, 2.05) is 0 Å². The van der Waals surface area contributed by atoms with E-state index in [1.54, 1.807) is 11.0 Å². The van der Waals surface area contributed by atoms with Crippen LogP contribution in [0.2, 0.25) is 0 Å². The van der Waals surface area contributed by atoms with Crippen molar-refractivity contribution < 1.29 is 14.7 Å². The van der Waals surface area contributed by atoms with Crippen LogP contribution in [0.1, 0.15) is 41.1 Å².